The molecule has 1 unspecified atom stereocenters. The summed E-state index contributed by atoms with van der Waals surface area (Å²) in [7, 11) is -1.29. The van der Waals surface area contributed by atoms with Gasteiger partial charge < -0.3 is 4.74 Å². The Hall–Kier alpha value is -1.28. The Morgan fingerprint density at radius 3 is 2.88 bits per heavy atom. The highest BCUT2D eigenvalue weighted by atomic mass is 32.2. The number of fused-ring (bicyclic) bond motifs is 1. The maximum absolute atomic E-state index is 12.8. The zero-order valence-corrected chi connectivity index (χ0v) is 16.7. The lowest BCUT2D eigenvalue weighted by Crippen LogP contribution is -2.14. The van der Waals surface area contributed by atoms with E-state index in [1.165, 1.54) is 27.0 Å². The molecule has 0 saturated carbocycles. The zero-order valence-electron chi connectivity index (χ0n) is 14.2. The monoisotopic (exact) mass is 392 g/mol. The third-order valence-corrected chi connectivity index (χ3v) is 8.24. The first-order valence-electron chi connectivity index (χ1n) is 8.33. The molecule has 0 spiro atoms. The molecular weight excluding hydrogens is 372 g/mol. The molecule has 0 amide bonds. The van der Waals surface area contributed by atoms with Gasteiger partial charge in [-0.15, -0.1) is 22.7 Å². The Labute approximate surface area is 157 Å². The molecular formula is C18H20N2O2S3. The normalized spacial score (nSPS) is 17.0. The zero-order chi connectivity index (χ0) is 17.4. The van der Waals surface area contributed by atoms with E-state index in [-0.39, 0.29) is 0 Å². The number of thiophene rings is 1. The molecule has 132 valence electrons. The minimum absolute atomic E-state index is 0.461. The van der Waals surface area contributed by atoms with Crippen LogP contribution in [0.3, 0.4) is 0 Å². The van der Waals surface area contributed by atoms with E-state index in [4.69, 9.17) is 4.74 Å². The summed E-state index contributed by atoms with van der Waals surface area (Å²) in [4.78, 5) is 4.66. The van der Waals surface area contributed by atoms with E-state index >= 15 is 0 Å². The highest BCUT2D eigenvalue weighted by Crippen LogP contribution is 2.35. The van der Waals surface area contributed by atoms with Crippen LogP contribution in [-0.2, 0) is 15.7 Å². The lowest BCUT2D eigenvalue weighted by Gasteiger charge is -2.19. The van der Waals surface area contributed by atoms with Gasteiger partial charge in [0, 0.05) is 29.2 Å². The van der Waals surface area contributed by atoms with Gasteiger partial charge >= 0.3 is 0 Å². The van der Waals surface area contributed by atoms with Gasteiger partial charge in [-0.2, -0.15) is 0 Å². The third-order valence-electron chi connectivity index (χ3n) is 4.56. The van der Waals surface area contributed by atoms with E-state index in [0.717, 1.165) is 46.7 Å². The number of rotatable bonds is 4. The molecule has 4 rings (SSSR count). The largest absolute Gasteiger partial charge is 0.381 e. The minimum Gasteiger partial charge on any atom is -0.381 e. The van der Waals surface area contributed by atoms with Gasteiger partial charge in [0.1, 0.15) is 4.21 Å². The lowest BCUT2D eigenvalue weighted by atomic mass is 9.98. The van der Waals surface area contributed by atoms with Crippen LogP contribution in [0, 0.1) is 13.8 Å². The standard InChI is InChI=1S/C18H20N2O2S3/c1-11-3-4-14-12(2)17(24-16(14)9-11)25(21)20-18-19-15(10-23-18)13-5-7-22-8-6-13/h3-4,9-10,13H,5-8H2,1-2H3,(H,19,20). The summed E-state index contributed by atoms with van der Waals surface area (Å²) in [5.74, 6) is 0.461. The molecule has 3 heterocycles. The molecule has 1 aliphatic heterocycles. The molecule has 0 bridgehead atoms. The van der Waals surface area contributed by atoms with Crippen molar-refractivity contribution in [1.29, 1.82) is 0 Å². The summed E-state index contributed by atoms with van der Waals surface area (Å²) in [6, 6.07) is 6.37. The number of anilines is 1. The molecule has 2 aromatic heterocycles. The smallest absolute Gasteiger partial charge is 0.195 e. The summed E-state index contributed by atoms with van der Waals surface area (Å²) in [5.41, 5.74) is 3.41. The molecule has 1 saturated heterocycles. The van der Waals surface area contributed by atoms with E-state index in [2.05, 4.69) is 40.2 Å². The van der Waals surface area contributed by atoms with E-state index < -0.39 is 11.0 Å². The van der Waals surface area contributed by atoms with Crippen LogP contribution in [0.1, 0.15) is 35.6 Å². The number of nitrogens with one attached hydrogen (secondary N) is 1. The topological polar surface area (TPSA) is 51.2 Å². The van der Waals surface area contributed by atoms with Crippen LogP contribution in [0.15, 0.2) is 27.8 Å². The van der Waals surface area contributed by atoms with Crippen molar-refractivity contribution in [2.75, 3.05) is 17.9 Å². The summed E-state index contributed by atoms with van der Waals surface area (Å²) in [6.45, 7) is 5.73. The average Bonchev–Trinajstić information content (AvgIpc) is 3.20. The predicted octanol–water partition coefficient (Wildman–Crippen LogP) is 5.00. The Morgan fingerprint density at radius 2 is 2.08 bits per heavy atom. The van der Waals surface area contributed by atoms with Crippen molar-refractivity contribution < 1.29 is 8.95 Å². The summed E-state index contributed by atoms with van der Waals surface area (Å²) >= 11 is 3.13. The van der Waals surface area contributed by atoms with Gasteiger partial charge in [-0.1, -0.05) is 12.1 Å². The molecule has 4 nitrogen and oxygen atoms in total. The van der Waals surface area contributed by atoms with Crippen LogP contribution < -0.4 is 4.72 Å². The van der Waals surface area contributed by atoms with Crippen LogP contribution in [0.4, 0.5) is 5.13 Å². The van der Waals surface area contributed by atoms with Crippen molar-refractivity contribution in [2.24, 2.45) is 0 Å². The second kappa shape index (κ2) is 7.15. The van der Waals surface area contributed by atoms with E-state index in [9.17, 15) is 4.21 Å². The number of nitrogens with zero attached hydrogens (tertiary/aromatic N) is 1. The van der Waals surface area contributed by atoms with Gasteiger partial charge in [0.2, 0.25) is 0 Å². The first kappa shape index (κ1) is 17.1. The quantitative estimate of drug-likeness (QED) is 0.679. The molecule has 0 aliphatic carbocycles. The van der Waals surface area contributed by atoms with Crippen LogP contribution in [0.25, 0.3) is 10.1 Å². The number of hydrogen-bond acceptors (Lipinski definition) is 5. The van der Waals surface area contributed by atoms with Crippen LogP contribution in [0.2, 0.25) is 0 Å². The number of thiazole rings is 1. The maximum atomic E-state index is 12.8. The van der Waals surface area contributed by atoms with Crippen LogP contribution >= 0.6 is 22.7 Å². The number of hydrogen-bond donors (Lipinski definition) is 1. The predicted molar refractivity (Wildman–Crippen MR) is 106 cm³/mol. The minimum atomic E-state index is -1.29. The highest BCUT2D eigenvalue weighted by Gasteiger charge is 2.20. The second-order valence-corrected chi connectivity index (χ2v) is 9.67. The molecule has 3 aromatic rings. The molecule has 25 heavy (non-hydrogen) atoms. The lowest BCUT2D eigenvalue weighted by molar-refractivity contribution is 0.0846. The fourth-order valence-corrected chi connectivity index (χ4v) is 6.60. The third kappa shape index (κ3) is 3.51. The fourth-order valence-electron chi connectivity index (χ4n) is 3.13. The first-order chi connectivity index (χ1) is 12.1. The molecule has 1 atom stereocenters. The van der Waals surface area contributed by atoms with Crippen molar-refractivity contribution in [3.63, 3.8) is 0 Å². The molecule has 1 N–H and O–H groups in total. The van der Waals surface area contributed by atoms with Crippen molar-refractivity contribution in [1.82, 2.24) is 4.98 Å². The number of ether oxygens (including phenoxy) is 1. The maximum Gasteiger partial charge on any atom is 0.195 e. The summed E-state index contributed by atoms with van der Waals surface area (Å²) < 4.78 is 23.4. The highest BCUT2D eigenvalue weighted by molar-refractivity contribution is 7.89. The molecule has 0 radical (unpaired) electrons. The first-order valence-corrected chi connectivity index (χ1v) is 11.2. The van der Waals surface area contributed by atoms with Gasteiger partial charge in [0.05, 0.1) is 5.69 Å². The number of aryl methyl sites for hydroxylation is 2. The van der Waals surface area contributed by atoms with Crippen molar-refractivity contribution in [2.45, 2.75) is 36.8 Å². The van der Waals surface area contributed by atoms with Crippen LogP contribution in [0.5, 0.6) is 0 Å². The SMILES string of the molecule is Cc1ccc2c(C)c(S(=O)Nc3nc(C4CCOCC4)cs3)sc2c1. The van der Waals surface area contributed by atoms with Gasteiger partial charge in [0.25, 0.3) is 0 Å². The van der Waals surface area contributed by atoms with Crippen molar-refractivity contribution in [3.05, 3.63) is 40.4 Å². The Kier molecular flexibility index (Phi) is 4.90. The Morgan fingerprint density at radius 1 is 1.28 bits per heavy atom. The number of aromatic nitrogens is 1. The van der Waals surface area contributed by atoms with Gasteiger partial charge in [-0.05, 0) is 49.3 Å². The summed E-state index contributed by atoms with van der Waals surface area (Å²) in [6.07, 6.45) is 2.03. The van der Waals surface area contributed by atoms with E-state index in [1.54, 1.807) is 11.3 Å². The Bertz CT molecular complexity index is 926. The van der Waals surface area contributed by atoms with Crippen molar-refractivity contribution >= 4 is 48.9 Å². The van der Waals surface area contributed by atoms with Gasteiger partial charge in [0.15, 0.2) is 16.1 Å². The molecule has 1 aromatic carbocycles. The van der Waals surface area contributed by atoms with Crippen molar-refractivity contribution in [3.8, 4) is 0 Å². The van der Waals surface area contributed by atoms with Gasteiger partial charge in [-0.3, -0.25) is 4.72 Å². The number of benzene rings is 1. The summed E-state index contributed by atoms with van der Waals surface area (Å²) in [5, 5.41) is 3.99. The van der Waals surface area contributed by atoms with Gasteiger partial charge in [-0.25, -0.2) is 9.19 Å². The van der Waals surface area contributed by atoms with E-state index in [1.807, 2.05) is 6.92 Å². The van der Waals surface area contributed by atoms with E-state index in [0.29, 0.717) is 5.92 Å². The second-order valence-electron chi connectivity index (χ2n) is 6.35. The van der Waals surface area contributed by atoms with Crippen LogP contribution in [-0.4, -0.2) is 22.4 Å². The molecule has 1 aliphatic rings. The molecule has 1 fully saturated rings. The molecule has 7 heteroatoms. The fraction of sp³-hybridized carbons (Fsp3) is 0.389. The average molecular weight is 393 g/mol. The Balaban J connectivity index is 1.54.